The van der Waals surface area contributed by atoms with Gasteiger partial charge in [0.15, 0.2) is 0 Å². The molecule has 0 fully saturated rings. The van der Waals surface area contributed by atoms with Crippen molar-refractivity contribution in [2.75, 3.05) is 0 Å². The molecule has 31 rings (SSSR count). The molecule has 0 unspecified atom stereocenters. The van der Waals surface area contributed by atoms with Crippen LogP contribution >= 0.6 is 0 Å². The molecule has 588 valence electrons. The van der Waals surface area contributed by atoms with Gasteiger partial charge in [-0.3, -0.25) is 0 Å². The van der Waals surface area contributed by atoms with Crippen LogP contribution in [0.4, 0.5) is 0 Å². The van der Waals surface area contributed by atoms with E-state index in [1.165, 1.54) is 273 Å². The topological polar surface area (TPSA) is 37.4 Å². The van der Waals surface area contributed by atoms with Crippen LogP contribution in [0.2, 0.25) is 0 Å². The van der Waals surface area contributed by atoms with Crippen LogP contribution < -0.4 is 0 Å². The molecule has 8 nitrogen and oxygen atoms in total. The van der Waals surface area contributed by atoms with Gasteiger partial charge in [0.25, 0.3) is 0 Å². The largest absolute Gasteiger partial charge is 0.344 e. The molecule has 0 aliphatic heterocycles. The molecule has 0 N–H and O–H groups in total. The lowest BCUT2D eigenvalue weighted by Gasteiger charge is -2.05. The number of hydrogen-bond donors (Lipinski definition) is 0. The summed E-state index contributed by atoms with van der Waals surface area (Å²) in [5.74, 6) is 0. The summed E-state index contributed by atoms with van der Waals surface area (Å²) >= 11 is 0. The Bertz CT molecular complexity index is 10000. The van der Waals surface area contributed by atoms with Crippen molar-refractivity contribution in [3.63, 3.8) is 0 Å². The van der Waals surface area contributed by atoms with E-state index in [4.69, 9.17) is 0 Å². The molecule has 0 aliphatic carbocycles. The zero-order valence-corrected chi connectivity index (χ0v) is 69.5. The van der Waals surface area contributed by atoms with Crippen LogP contribution in [0.5, 0.6) is 0 Å². The number of aryl methyl sites for hydroxylation is 4. The summed E-state index contributed by atoms with van der Waals surface area (Å²) in [6.45, 7) is 0. The van der Waals surface area contributed by atoms with E-state index in [1.807, 2.05) is 0 Å². The lowest BCUT2D eigenvalue weighted by molar-refractivity contribution is 1.02. The van der Waals surface area contributed by atoms with Crippen molar-refractivity contribution in [3.05, 3.63) is 388 Å². The predicted octanol–water partition coefficient (Wildman–Crippen LogP) is 30.9. The van der Waals surface area contributed by atoms with E-state index in [-0.39, 0.29) is 0 Å². The summed E-state index contributed by atoms with van der Waals surface area (Å²) in [6, 6.07) is 142. The molecule has 19 aromatic carbocycles. The molecule has 0 bridgehead atoms. The summed E-state index contributed by atoms with van der Waals surface area (Å²) in [6.07, 6.45) is 0. The molecular weight excluding hydrogens is 1530 g/mol. The summed E-state index contributed by atoms with van der Waals surface area (Å²) in [7, 11) is 8.77. The Balaban J connectivity index is 0.0000000857. The van der Waals surface area contributed by atoms with E-state index in [2.05, 4.69) is 452 Å². The number of rotatable bonds is 3. The minimum Gasteiger partial charge on any atom is -0.344 e. The first-order chi connectivity index (χ1) is 62.3. The van der Waals surface area contributed by atoms with E-state index >= 15 is 0 Å². The molecule has 0 aliphatic rings. The lowest BCUT2D eigenvalue weighted by Crippen LogP contribution is -1.88. The number of fused-ring (bicyclic) bond motifs is 39. The highest BCUT2D eigenvalue weighted by Crippen LogP contribution is 2.51. The van der Waals surface area contributed by atoms with Gasteiger partial charge < -0.3 is 35.9 Å². The summed E-state index contributed by atoms with van der Waals surface area (Å²) < 4.78 is 19.3. The van der Waals surface area contributed by atoms with Crippen LogP contribution in [-0.2, 0) is 28.2 Å². The molecule has 0 amide bonds. The van der Waals surface area contributed by atoms with Gasteiger partial charge in [-0.15, -0.1) is 0 Å². The Hall–Kier alpha value is -16.4. The quantitative estimate of drug-likeness (QED) is 0.169. The van der Waals surface area contributed by atoms with Crippen molar-refractivity contribution < 1.29 is 0 Å². The minimum absolute atomic E-state index is 1.25. The Labute approximate surface area is 720 Å². The molecular formula is C118H76N8. The molecule has 0 atom stereocenters. The summed E-state index contributed by atoms with van der Waals surface area (Å²) in [5, 5.41) is 31.8. The molecule has 12 heterocycles. The average Bonchev–Trinajstić information content (AvgIpc) is 1.54. The van der Waals surface area contributed by atoms with Gasteiger partial charge in [-0.05, 0) is 124 Å². The van der Waals surface area contributed by atoms with Crippen LogP contribution in [-0.4, -0.2) is 35.9 Å². The highest BCUT2D eigenvalue weighted by Gasteiger charge is 2.28. The van der Waals surface area contributed by atoms with Crippen LogP contribution in [0.15, 0.2) is 388 Å². The van der Waals surface area contributed by atoms with E-state index in [0.717, 1.165) is 0 Å². The first kappa shape index (κ1) is 69.3. The smallest absolute Gasteiger partial charge is 0.0621 e. The summed E-state index contributed by atoms with van der Waals surface area (Å²) in [5.41, 5.74) is 33.4. The Kier molecular flexibility index (Phi) is 14.1. The SMILES string of the molecule is Cn1c2ccccc2c2cc3c(cc21)c1cccc2c4ccc(-c5ccccc5)cc4n3c21.Cn1c2ccccc2c2ccc3c(c4cc(-c5ccccc5)cc5c6ccccc6n3c54)c21.Cn1c2ccccc2c2ccc3c(c4cccc5c6ccc(-c7ccccc7)cc6n3c54)c21.Cn1c2ccccc2c2ccc3c(c4cccc5c6ccccc6n3c54)c21. The van der Waals surface area contributed by atoms with Gasteiger partial charge >= 0.3 is 0 Å². The first-order valence-electron chi connectivity index (χ1n) is 43.7. The van der Waals surface area contributed by atoms with E-state index in [0.29, 0.717) is 0 Å². The summed E-state index contributed by atoms with van der Waals surface area (Å²) in [4.78, 5) is 0. The second kappa shape index (κ2) is 25.6. The van der Waals surface area contributed by atoms with Gasteiger partial charge in [0.05, 0.1) is 82.8 Å². The van der Waals surface area contributed by atoms with Crippen LogP contribution in [0.25, 0.3) is 273 Å². The standard InChI is InChI=1S/3C31H20N2.C25H16N2/c1-32-26-13-7-5-11-21(26)23-15-16-28-29(31(23)32)25-18-20(19-9-3-2-4-10-19)17-24-22-12-6-8-14-27(22)33(28)30(24)25;1-32-27-13-6-5-10-21(27)25-18-30-26(17-28(25)32)24-12-7-11-23-22-15-14-20(19-8-3-2-4-9-19)16-29(22)33(30)31(23)24;1-32-26-13-6-5-10-21(26)24-16-17-27-29(31(24)32)25-12-7-11-23-22-15-14-20(19-8-3-2-4-9-19)18-28(22)33(27)30(23)25;1-26-20-11-4-2-7-15(20)18-13-14-22-23(25(18)26)19-10-6-9-17-16-8-3-5-12-21(16)27(22)24(17)19/h3*2-18H,1H3;2-14H,1H3. The van der Waals surface area contributed by atoms with Crippen molar-refractivity contribution in [3.8, 4) is 33.4 Å². The number of para-hydroxylation sites is 9. The second-order valence-corrected chi connectivity index (χ2v) is 34.7. The third kappa shape index (κ3) is 9.19. The van der Waals surface area contributed by atoms with Crippen molar-refractivity contribution in [1.82, 2.24) is 35.9 Å². The fraction of sp³-hybridized carbons (Fsp3) is 0.0339. The zero-order valence-electron chi connectivity index (χ0n) is 69.5. The number of benzene rings is 19. The lowest BCUT2D eigenvalue weighted by atomic mass is 9.98. The van der Waals surface area contributed by atoms with Crippen LogP contribution in [0.3, 0.4) is 0 Å². The normalized spacial score (nSPS) is 12.4. The van der Waals surface area contributed by atoms with E-state index in [1.54, 1.807) is 0 Å². The van der Waals surface area contributed by atoms with Gasteiger partial charge in [-0.1, -0.05) is 297 Å². The Morgan fingerprint density at radius 1 is 0.119 bits per heavy atom. The van der Waals surface area contributed by atoms with Crippen LogP contribution in [0, 0.1) is 0 Å². The second-order valence-electron chi connectivity index (χ2n) is 34.7. The van der Waals surface area contributed by atoms with Gasteiger partial charge in [0.1, 0.15) is 0 Å². The zero-order chi connectivity index (χ0) is 82.7. The van der Waals surface area contributed by atoms with Gasteiger partial charge in [-0.2, -0.15) is 0 Å². The highest BCUT2D eigenvalue weighted by atomic mass is 15.0. The molecule has 31 aromatic rings. The fourth-order valence-corrected chi connectivity index (χ4v) is 23.2. The molecule has 0 radical (unpaired) electrons. The van der Waals surface area contributed by atoms with E-state index < -0.39 is 0 Å². The van der Waals surface area contributed by atoms with Crippen molar-refractivity contribution >= 4 is 240 Å². The maximum atomic E-state index is 2.49. The molecule has 0 saturated heterocycles. The van der Waals surface area contributed by atoms with Gasteiger partial charge in [0, 0.05) is 185 Å². The maximum Gasteiger partial charge on any atom is 0.0621 e. The average molecular weight is 1610 g/mol. The van der Waals surface area contributed by atoms with Gasteiger partial charge in [0.2, 0.25) is 0 Å². The maximum absolute atomic E-state index is 2.49. The molecule has 8 heteroatoms. The third-order valence-corrected chi connectivity index (χ3v) is 28.6. The molecule has 126 heavy (non-hydrogen) atoms. The fourth-order valence-electron chi connectivity index (χ4n) is 23.2. The predicted molar refractivity (Wildman–Crippen MR) is 537 cm³/mol. The molecule has 12 aromatic heterocycles. The van der Waals surface area contributed by atoms with Crippen LogP contribution in [0.1, 0.15) is 0 Å². The van der Waals surface area contributed by atoms with Gasteiger partial charge in [-0.25, -0.2) is 0 Å². The monoisotopic (exact) mass is 1600 g/mol. The van der Waals surface area contributed by atoms with Crippen molar-refractivity contribution in [2.24, 2.45) is 28.2 Å². The number of nitrogens with zero attached hydrogens (tertiary/aromatic N) is 8. The van der Waals surface area contributed by atoms with E-state index in [9.17, 15) is 0 Å². The third-order valence-electron chi connectivity index (χ3n) is 28.6. The number of aromatic nitrogens is 8. The minimum atomic E-state index is 1.25. The van der Waals surface area contributed by atoms with Crippen molar-refractivity contribution in [1.29, 1.82) is 0 Å². The first-order valence-corrected chi connectivity index (χ1v) is 43.7. The molecule has 0 saturated carbocycles. The highest BCUT2D eigenvalue weighted by molar-refractivity contribution is 6.35. The molecule has 0 spiro atoms. The Morgan fingerprint density at radius 3 is 0.810 bits per heavy atom. The van der Waals surface area contributed by atoms with Crippen molar-refractivity contribution in [2.45, 2.75) is 0 Å². The Morgan fingerprint density at radius 2 is 0.373 bits per heavy atom. The number of hydrogen-bond acceptors (Lipinski definition) is 0.